The number of phenols is 2. The van der Waals surface area contributed by atoms with Crippen molar-refractivity contribution in [1.29, 1.82) is 0 Å². The fourth-order valence-electron chi connectivity index (χ4n) is 4.11. The Morgan fingerprint density at radius 3 is 2.65 bits per heavy atom. The smallest absolute Gasteiger partial charge is 0.228 e. The van der Waals surface area contributed by atoms with Crippen molar-refractivity contribution in [2.24, 2.45) is 11.8 Å². The molecular weight excluding hydrogens is 416 g/mol. The number of aromatic hydroxyl groups is 2. The molecule has 1 aliphatic rings. The van der Waals surface area contributed by atoms with Crippen LogP contribution in [-0.4, -0.2) is 49.6 Å². The first-order valence-corrected chi connectivity index (χ1v) is 11.3. The predicted molar refractivity (Wildman–Crippen MR) is 118 cm³/mol. The number of rotatable bonds is 7. The van der Waals surface area contributed by atoms with E-state index in [4.69, 9.17) is 4.42 Å². The number of carbonyl (C=O) groups is 1. The first kappa shape index (κ1) is 21.3. The number of aromatic nitrogens is 3. The molecule has 1 aromatic carbocycles. The van der Waals surface area contributed by atoms with Crippen molar-refractivity contribution in [2.75, 3.05) is 23.7 Å². The highest BCUT2D eigenvalue weighted by Crippen LogP contribution is 2.30. The molecule has 3 heterocycles. The van der Waals surface area contributed by atoms with Crippen LogP contribution in [0.2, 0.25) is 0 Å². The van der Waals surface area contributed by atoms with Crippen molar-refractivity contribution in [3.05, 3.63) is 47.9 Å². The number of furan rings is 1. The second kappa shape index (κ2) is 9.05. The Labute approximate surface area is 184 Å². The van der Waals surface area contributed by atoms with Crippen molar-refractivity contribution in [2.45, 2.75) is 32.0 Å². The lowest BCUT2D eigenvalue weighted by molar-refractivity contribution is 0.102. The van der Waals surface area contributed by atoms with E-state index in [9.17, 15) is 15.0 Å². The zero-order valence-electron chi connectivity index (χ0n) is 17.6. The molecule has 4 rings (SSSR count). The van der Waals surface area contributed by atoms with E-state index in [-0.39, 0.29) is 28.6 Å². The first-order chi connectivity index (χ1) is 14.9. The maximum absolute atomic E-state index is 12.6. The number of benzene rings is 1. The van der Waals surface area contributed by atoms with Gasteiger partial charge in [-0.15, -0.1) is 10.2 Å². The molecule has 164 valence electrons. The molecule has 0 saturated carbocycles. The maximum atomic E-state index is 12.6. The molecule has 0 aliphatic carbocycles. The first-order valence-electron chi connectivity index (χ1n) is 10.3. The van der Waals surface area contributed by atoms with Crippen molar-refractivity contribution < 1.29 is 19.4 Å². The molecule has 1 fully saturated rings. The third-order valence-electron chi connectivity index (χ3n) is 5.36. The van der Waals surface area contributed by atoms with Gasteiger partial charge in [0.2, 0.25) is 5.95 Å². The van der Waals surface area contributed by atoms with Crippen LogP contribution in [0.3, 0.4) is 0 Å². The normalized spacial score (nSPS) is 19.0. The van der Waals surface area contributed by atoms with E-state index in [1.54, 1.807) is 6.26 Å². The highest BCUT2D eigenvalue weighted by molar-refractivity contribution is 7.99. The minimum Gasteiger partial charge on any atom is -0.508 e. The van der Waals surface area contributed by atoms with Gasteiger partial charge in [-0.1, -0.05) is 25.6 Å². The van der Waals surface area contributed by atoms with E-state index in [1.807, 2.05) is 16.7 Å². The quantitative estimate of drug-likeness (QED) is 0.421. The summed E-state index contributed by atoms with van der Waals surface area (Å²) in [6.07, 6.45) is 2.82. The summed E-state index contributed by atoms with van der Waals surface area (Å²) in [6.45, 7) is 6.77. The second-order valence-electron chi connectivity index (χ2n) is 8.21. The molecule has 1 saturated heterocycles. The van der Waals surface area contributed by atoms with Crippen molar-refractivity contribution >= 4 is 23.5 Å². The molecule has 0 bridgehead atoms. The van der Waals surface area contributed by atoms with Gasteiger partial charge in [-0.25, -0.2) is 0 Å². The molecule has 0 spiro atoms. The number of carbonyl (C=O) groups excluding carboxylic acids is 1. The lowest BCUT2D eigenvalue weighted by Crippen LogP contribution is -2.40. The minimum atomic E-state index is -0.253. The zero-order chi connectivity index (χ0) is 22.0. The number of hydrogen-bond acceptors (Lipinski definition) is 8. The van der Waals surface area contributed by atoms with Gasteiger partial charge in [0.05, 0.1) is 24.1 Å². The van der Waals surface area contributed by atoms with Crippen LogP contribution >= 0.6 is 11.8 Å². The van der Waals surface area contributed by atoms with Gasteiger partial charge in [0.1, 0.15) is 17.3 Å². The Morgan fingerprint density at radius 2 is 1.97 bits per heavy atom. The van der Waals surface area contributed by atoms with Crippen LogP contribution in [0, 0.1) is 11.8 Å². The number of thioether (sulfide) groups is 1. The van der Waals surface area contributed by atoms with Gasteiger partial charge in [0.25, 0.3) is 0 Å². The average Bonchev–Trinajstić information content (AvgIpc) is 3.36. The van der Waals surface area contributed by atoms with E-state index < -0.39 is 0 Å². The molecule has 2 N–H and O–H groups in total. The minimum absolute atomic E-state index is 0.0848. The second-order valence-corrected chi connectivity index (χ2v) is 9.15. The monoisotopic (exact) mass is 442 g/mol. The summed E-state index contributed by atoms with van der Waals surface area (Å²) in [5.41, 5.74) is 0.168. The van der Waals surface area contributed by atoms with Crippen LogP contribution in [0.15, 0.2) is 46.2 Å². The highest BCUT2D eigenvalue weighted by Gasteiger charge is 2.27. The van der Waals surface area contributed by atoms with E-state index >= 15 is 0 Å². The molecule has 0 amide bonds. The van der Waals surface area contributed by atoms with Crippen LogP contribution in [0.25, 0.3) is 0 Å². The lowest BCUT2D eigenvalue weighted by atomic mass is 9.92. The van der Waals surface area contributed by atoms with E-state index in [1.165, 1.54) is 30.3 Å². The summed E-state index contributed by atoms with van der Waals surface area (Å²) >= 11 is 1.27. The SMILES string of the molecule is C[C@@H]1C[C@@H](C)CN(c2nnc(SCC(=O)c3ccc(O)cc3O)n2Cc2ccco2)C1. The number of anilines is 1. The Balaban J connectivity index is 1.56. The van der Waals surface area contributed by atoms with Crippen molar-refractivity contribution in [1.82, 2.24) is 14.8 Å². The predicted octanol–water partition coefficient (Wildman–Crippen LogP) is 3.79. The zero-order valence-corrected chi connectivity index (χ0v) is 18.4. The molecule has 31 heavy (non-hydrogen) atoms. The van der Waals surface area contributed by atoms with Crippen LogP contribution in [-0.2, 0) is 6.54 Å². The van der Waals surface area contributed by atoms with Gasteiger partial charge in [0, 0.05) is 19.2 Å². The topological polar surface area (TPSA) is 105 Å². The maximum Gasteiger partial charge on any atom is 0.228 e. The molecule has 9 heteroatoms. The largest absolute Gasteiger partial charge is 0.508 e. The standard InChI is InChI=1S/C22H26N4O4S/c1-14-8-15(2)11-25(10-14)21-23-24-22(26(21)12-17-4-3-7-30-17)31-13-20(29)18-6-5-16(27)9-19(18)28/h3-7,9,14-15,27-28H,8,10-13H2,1-2H3/t14-,15-/m1/s1. The van der Waals surface area contributed by atoms with E-state index in [2.05, 4.69) is 28.9 Å². The Morgan fingerprint density at radius 1 is 1.19 bits per heavy atom. The van der Waals surface area contributed by atoms with Crippen LogP contribution in [0.5, 0.6) is 11.5 Å². The molecule has 0 unspecified atom stereocenters. The Kier molecular flexibility index (Phi) is 6.22. The highest BCUT2D eigenvalue weighted by atomic mass is 32.2. The molecule has 2 aromatic heterocycles. The number of nitrogens with zero attached hydrogens (tertiary/aromatic N) is 4. The summed E-state index contributed by atoms with van der Waals surface area (Å²) in [7, 11) is 0. The van der Waals surface area contributed by atoms with Crippen LogP contribution in [0.4, 0.5) is 5.95 Å². The third-order valence-corrected chi connectivity index (χ3v) is 6.32. The summed E-state index contributed by atoms with van der Waals surface area (Å²) in [5.74, 6) is 2.19. The molecule has 2 atom stereocenters. The molecule has 1 aliphatic heterocycles. The summed E-state index contributed by atoms with van der Waals surface area (Å²) < 4.78 is 7.52. The van der Waals surface area contributed by atoms with Gasteiger partial charge in [-0.2, -0.15) is 0 Å². The van der Waals surface area contributed by atoms with Crippen LogP contribution in [0.1, 0.15) is 36.4 Å². The number of Topliss-reactive ketones (excluding diaryl/α,β-unsaturated/α-hetero) is 1. The lowest BCUT2D eigenvalue weighted by Gasteiger charge is -2.35. The molecular formula is C22H26N4O4S. The number of ketones is 1. The van der Waals surface area contributed by atoms with Crippen molar-refractivity contribution in [3.8, 4) is 11.5 Å². The average molecular weight is 443 g/mol. The number of phenolic OH excluding ortho intramolecular Hbond substituents is 2. The van der Waals surface area contributed by atoms with Gasteiger partial charge in [-0.05, 0) is 42.5 Å². The van der Waals surface area contributed by atoms with Gasteiger partial charge < -0.3 is 19.5 Å². The fraction of sp³-hybridized carbons (Fsp3) is 0.409. The Hall–Kier alpha value is -2.94. The third kappa shape index (κ3) is 4.87. The van der Waals surface area contributed by atoms with Gasteiger partial charge in [0.15, 0.2) is 10.9 Å². The molecule has 0 radical (unpaired) electrons. The molecule has 3 aromatic rings. The summed E-state index contributed by atoms with van der Waals surface area (Å²) in [5, 5.41) is 28.8. The fourth-order valence-corrected chi connectivity index (χ4v) is 4.92. The van der Waals surface area contributed by atoms with Crippen LogP contribution < -0.4 is 4.90 Å². The summed E-state index contributed by atoms with van der Waals surface area (Å²) in [4.78, 5) is 14.9. The number of piperidine rings is 1. The summed E-state index contributed by atoms with van der Waals surface area (Å²) in [6, 6.07) is 7.71. The Bertz CT molecular complexity index is 1040. The molecule has 8 nitrogen and oxygen atoms in total. The van der Waals surface area contributed by atoms with Gasteiger partial charge in [-0.3, -0.25) is 9.36 Å². The van der Waals surface area contributed by atoms with Gasteiger partial charge >= 0.3 is 0 Å². The van der Waals surface area contributed by atoms with E-state index in [0.717, 1.165) is 30.9 Å². The van der Waals surface area contributed by atoms with E-state index in [0.29, 0.717) is 23.5 Å². The number of hydrogen-bond donors (Lipinski definition) is 2. The van der Waals surface area contributed by atoms with Crippen molar-refractivity contribution in [3.63, 3.8) is 0 Å².